The summed E-state index contributed by atoms with van der Waals surface area (Å²) >= 11 is 6.82. The first kappa shape index (κ1) is 29.4. The molecule has 1 aliphatic carbocycles. The zero-order valence-electron chi connectivity index (χ0n) is 24.7. The molecule has 3 heteroatoms. The number of rotatable bonds is 11. The zero-order chi connectivity index (χ0) is 29.1. The minimum atomic E-state index is 0.753. The molecule has 2 nitrogen and oxygen atoms in total. The van der Waals surface area contributed by atoms with Crippen molar-refractivity contribution in [1.29, 1.82) is 0 Å². The maximum Gasteiger partial charge on any atom is 0.205 e. The van der Waals surface area contributed by atoms with Crippen molar-refractivity contribution in [3.63, 3.8) is 0 Å². The molecule has 0 aromatic heterocycles. The van der Waals surface area contributed by atoms with Crippen LogP contribution < -0.4 is 4.90 Å². The van der Waals surface area contributed by atoms with Crippen molar-refractivity contribution in [2.75, 3.05) is 18.0 Å². The van der Waals surface area contributed by atoms with Crippen molar-refractivity contribution in [3.05, 3.63) is 155 Å². The Bertz CT molecular complexity index is 1560. The van der Waals surface area contributed by atoms with Gasteiger partial charge in [0.15, 0.2) is 0 Å². The maximum atomic E-state index is 6.82. The number of para-hydroxylation sites is 2. The van der Waals surface area contributed by atoms with Crippen molar-refractivity contribution in [3.8, 4) is 0 Å². The van der Waals surface area contributed by atoms with Crippen LogP contribution in [0.1, 0.15) is 50.7 Å². The molecule has 5 rings (SSSR count). The van der Waals surface area contributed by atoms with Gasteiger partial charge in [0.05, 0.1) is 0 Å². The Kier molecular flexibility index (Phi) is 10.2. The van der Waals surface area contributed by atoms with Gasteiger partial charge < -0.3 is 4.90 Å². The Morgan fingerprint density at radius 1 is 0.643 bits per heavy atom. The lowest BCUT2D eigenvalue weighted by Crippen LogP contribution is -2.18. The summed E-state index contributed by atoms with van der Waals surface area (Å²) in [4.78, 5) is 2.41. The van der Waals surface area contributed by atoms with Crippen LogP contribution in [0.4, 0.5) is 17.1 Å². The maximum absolute atomic E-state index is 6.82. The highest BCUT2D eigenvalue weighted by Gasteiger charge is 2.19. The van der Waals surface area contributed by atoms with Gasteiger partial charge >= 0.3 is 0 Å². The molecular weight excluding hydrogens is 532 g/mol. The standard InChI is InChI=1S/C39H40ClN2/c1-3-5-29-41(33-15-9-7-10-16-33)35-25-21-31(22-26-35)39(37-19-13-14-20-38(37)40)32-23-27-36(28-24-32)42(30-6-4-2)34-17-11-8-12-18-34/h7-28H,3-6,29-30H2,1-2H3/q+1. The number of hydrogen-bond acceptors (Lipinski definition) is 1. The minimum Gasteiger partial charge on any atom is -0.341 e. The van der Waals surface area contributed by atoms with Gasteiger partial charge in [0, 0.05) is 59.2 Å². The van der Waals surface area contributed by atoms with E-state index >= 15 is 0 Å². The van der Waals surface area contributed by atoms with Gasteiger partial charge in [-0.15, -0.1) is 0 Å². The summed E-state index contributed by atoms with van der Waals surface area (Å²) in [6.45, 7) is 6.45. The second-order valence-electron chi connectivity index (χ2n) is 10.6. The molecule has 4 aromatic carbocycles. The molecule has 0 heterocycles. The molecule has 0 aliphatic heterocycles. The molecule has 0 spiro atoms. The first-order chi connectivity index (χ1) is 20.7. The summed E-state index contributed by atoms with van der Waals surface area (Å²) in [6, 6.07) is 38.4. The third kappa shape index (κ3) is 7.01. The Morgan fingerprint density at radius 2 is 1.24 bits per heavy atom. The van der Waals surface area contributed by atoms with E-state index in [1.807, 2.05) is 12.1 Å². The highest BCUT2D eigenvalue weighted by atomic mass is 35.5. The molecule has 0 bridgehead atoms. The van der Waals surface area contributed by atoms with E-state index < -0.39 is 0 Å². The molecule has 212 valence electrons. The monoisotopic (exact) mass is 571 g/mol. The molecule has 0 saturated heterocycles. The van der Waals surface area contributed by atoms with Gasteiger partial charge in [0.25, 0.3) is 0 Å². The molecular formula is C39H40ClN2+. The first-order valence-corrected chi connectivity index (χ1v) is 15.5. The smallest absolute Gasteiger partial charge is 0.205 e. The second kappa shape index (κ2) is 14.7. The van der Waals surface area contributed by atoms with Gasteiger partial charge in [-0.05, 0) is 65.6 Å². The van der Waals surface area contributed by atoms with E-state index in [0.29, 0.717) is 0 Å². The number of anilines is 2. The van der Waals surface area contributed by atoms with Crippen LogP contribution in [-0.4, -0.2) is 23.4 Å². The Hall–Kier alpha value is -4.14. The van der Waals surface area contributed by atoms with Gasteiger partial charge in [0.1, 0.15) is 6.54 Å². The van der Waals surface area contributed by atoms with Crippen LogP contribution in [0.25, 0.3) is 5.57 Å². The molecule has 0 unspecified atom stereocenters. The van der Waals surface area contributed by atoms with E-state index in [1.165, 1.54) is 22.8 Å². The van der Waals surface area contributed by atoms with Crippen molar-refractivity contribution >= 4 is 39.9 Å². The highest BCUT2D eigenvalue weighted by molar-refractivity contribution is 6.32. The minimum absolute atomic E-state index is 0.753. The molecule has 0 amide bonds. The number of nitrogens with zero attached hydrogens (tertiary/aromatic N) is 2. The average Bonchev–Trinajstić information content (AvgIpc) is 3.05. The lowest BCUT2D eigenvalue weighted by Gasteiger charge is -2.25. The van der Waals surface area contributed by atoms with Crippen molar-refractivity contribution < 1.29 is 4.58 Å². The quantitative estimate of drug-likeness (QED) is 0.162. The zero-order valence-corrected chi connectivity index (χ0v) is 25.5. The summed E-state index contributed by atoms with van der Waals surface area (Å²) < 4.78 is 2.41. The summed E-state index contributed by atoms with van der Waals surface area (Å²) in [5, 5.41) is 0.753. The van der Waals surface area contributed by atoms with Crippen molar-refractivity contribution in [1.82, 2.24) is 0 Å². The van der Waals surface area contributed by atoms with Gasteiger partial charge in [-0.3, -0.25) is 0 Å². The molecule has 0 radical (unpaired) electrons. The SMILES string of the molecule is CCCCN(c1ccccc1)c1ccc(C(=C2C=CC(=[N+](CCCC)c3ccccc3)C=C2)c2ccccc2Cl)cc1. The number of allylic oxidation sites excluding steroid dienone is 5. The van der Waals surface area contributed by atoms with Gasteiger partial charge in [-0.2, -0.15) is 4.58 Å². The fourth-order valence-corrected chi connectivity index (χ4v) is 5.65. The summed E-state index contributed by atoms with van der Waals surface area (Å²) in [6.07, 6.45) is 13.5. The second-order valence-corrected chi connectivity index (χ2v) is 11.0. The van der Waals surface area contributed by atoms with E-state index in [-0.39, 0.29) is 0 Å². The number of halogens is 1. The van der Waals surface area contributed by atoms with E-state index in [4.69, 9.17) is 11.6 Å². The molecule has 0 saturated carbocycles. The summed E-state index contributed by atoms with van der Waals surface area (Å²) in [5.41, 5.74) is 9.30. The third-order valence-electron chi connectivity index (χ3n) is 7.68. The molecule has 4 aromatic rings. The van der Waals surface area contributed by atoms with Crippen LogP contribution in [0.5, 0.6) is 0 Å². The van der Waals surface area contributed by atoms with E-state index in [9.17, 15) is 0 Å². The highest BCUT2D eigenvalue weighted by Crippen LogP contribution is 2.35. The van der Waals surface area contributed by atoms with Crippen LogP contribution in [-0.2, 0) is 0 Å². The van der Waals surface area contributed by atoms with E-state index in [1.54, 1.807) is 0 Å². The molecule has 0 N–H and O–H groups in total. The van der Waals surface area contributed by atoms with Gasteiger partial charge in [-0.1, -0.05) is 105 Å². The Morgan fingerprint density at radius 3 is 1.88 bits per heavy atom. The summed E-state index contributed by atoms with van der Waals surface area (Å²) in [7, 11) is 0. The number of unbranched alkanes of at least 4 members (excludes halogenated alkanes) is 2. The Balaban J connectivity index is 1.56. The molecule has 1 aliphatic rings. The van der Waals surface area contributed by atoms with Crippen LogP contribution in [0.15, 0.2) is 139 Å². The third-order valence-corrected chi connectivity index (χ3v) is 8.01. The van der Waals surface area contributed by atoms with Crippen molar-refractivity contribution in [2.45, 2.75) is 39.5 Å². The van der Waals surface area contributed by atoms with Gasteiger partial charge in [0.2, 0.25) is 11.4 Å². The van der Waals surface area contributed by atoms with Crippen LogP contribution in [0.3, 0.4) is 0 Å². The lowest BCUT2D eigenvalue weighted by atomic mass is 9.90. The largest absolute Gasteiger partial charge is 0.341 e. The van der Waals surface area contributed by atoms with Crippen LogP contribution in [0, 0.1) is 0 Å². The van der Waals surface area contributed by atoms with Crippen molar-refractivity contribution in [2.24, 2.45) is 0 Å². The number of hydrogen-bond donors (Lipinski definition) is 0. The molecule has 42 heavy (non-hydrogen) atoms. The van der Waals surface area contributed by atoms with Gasteiger partial charge in [-0.25, -0.2) is 0 Å². The van der Waals surface area contributed by atoms with E-state index in [0.717, 1.165) is 66.1 Å². The summed E-state index contributed by atoms with van der Waals surface area (Å²) in [5.74, 6) is 0. The lowest BCUT2D eigenvalue weighted by molar-refractivity contribution is -0.439. The predicted octanol–water partition coefficient (Wildman–Crippen LogP) is 10.8. The molecule has 0 fully saturated rings. The van der Waals surface area contributed by atoms with E-state index in [2.05, 4.69) is 145 Å². The normalized spacial score (nSPS) is 12.5. The average molecular weight is 572 g/mol. The number of benzene rings is 4. The topological polar surface area (TPSA) is 6.25 Å². The first-order valence-electron chi connectivity index (χ1n) is 15.2. The van der Waals surface area contributed by atoms with Crippen LogP contribution in [0.2, 0.25) is 5.02 Å². The predicted molar refractivity (Wildman–Crippen MR) is 182 cm³/mol. The fourth-order valence-electron chi connectivity index (χ4n) is 5.42. The van der Waals surface area contributed by atoms with Crippen LogP contribution >= 0.6 is 11.6 Å². The molecule has 0 atom stereocenters. The Labute approximate surface area is 256 Å². The fraction of sp³-hybridized carbons (Fsp3) is 0.205.